The molecule has 3 rings (SSSR count). The van der Waals surface area contributed by atoms with Crippen molar-refractivity contribution in [3.8, 4) is 6.07 Å². The predicted octanol–water partition coefficient (Wildman–Crippen LogP) is 1.15. The number of H-pyrrole nitrogens is 1. The molecule has 0 bridgehead atoms. The van der Waals surface area contributed by atoms with Crippen molar-refractivity contribution in [1.82, 2.24) is 19.8 Å². The largest absolute Gasteiger partial charge is 0.345 e. The summed E-state index contributed by atoms with van der Waals surface area (Å²) in [5.74, 6) is -0.211. The van der Waals surface area contributed by atoms with Gasteiger partial charge in [-0.25, -0.2) is 4.98 Å². The molecule has 1 aromatic carbocycles. The van der Waals surface area contributed by atoms with Crippen molar-refractivity contribution in [2.75, 3.05) is 26.2 Å². The van der Waals surface area contributed by atoms with Gasteiger partial charge in [-0.05, 0) is 24.6 Å². The van der Waals surface area contributed by atoms with Gasteiger partial charge >= 0.3 is 0 Å². The first-order valence-corrected chi connectivity index (χ1v) is 7.56. The van der Waals surface area contributed by atoms with Crippen LogP contribution in [0.3, 0.4) is 0 Å². The fraction of sp³-hybridized carbons (Fsp3) is 0.375. The molecule has 23 heavy (non-hydrogen) atoms. The third kappa shape index (κ3) is 3.16. The molecule has 7 heteroatoms. The summed E-state index contributed by atoms with van der Waals surface area (Å²) >= 11 is 0. The molecule has 0 atom stereocenters. The van der Waals surface area contributed by atoms with Crippen molar-refractivity contribution < 1.29 is 9.59 Å². The van der Waals surface area contributed by atoms with Crippen LogP contribution in [-0.4, -0.2) is 57.8 Å². The van der Waals surface area contributed by atoms with Crippen LogP contribution in [0.5, 0.6) is 0 Å². The van der Waals surface area contributed by atoms with Crippen LogP contribution in [0.2, 0.25) is 0 Å². The number of rotatable bonds is 2. The van der Waals surface area contributed by atoms with E-state index in [4.69, 9.17) is 5.26 Å². The molecule has 2 heterocycles. The number of benzene rings is 1. The quantitative estimate of drug-likeness (QED) is 0.900. The Kier molecular flexibility index (Phi) is 4.24. The highest BCUT2D eigenvalue weighted by Crippen LogP contribution is 2.15. The third-order valence-corrected chi connectivity index (χ3v) is 4.03. The van der Waals surface area contributed by atoms with E-state index in [1.54, 1.807) is 28.3 Å². The van der Waals surface area contributed by atoms with E-state index in [9.17, 15) is 9.59 Å². The zero-order valence-electron chi connectivity index (χ0n) is 12.7. The summed E-state index contributed by atoms with van der Waals surface area (Å²) in [6.07, 6.45) is 2.21. The molecule has 118 valence electrons. The second kappa shape index (κ2) is 6.48. The zero-order valence-corrected chi connectivity index (χ0v) is 12.7. The monoisotopic (exact) mass is 311 g/mol. The van der Waals surface area contributed by atoms with Crippen LogP contribution in [0.15, 0.2) is 24.5 Å². The number of nitriles is 1. The first kappa shape index (κ1) is 15.0. The SMILES string of the molecule is N#CCC(=O)N1CCCN(C(=O)c2ccc3nc[nH]c3c2)CC1. The molecule has 1 aliphatic heterocycles. The van der Waals surface area contributed by atoms with Crippen molar-refractivity contribution in [2.24, 2.45) is 0 Å². The number of imidazole rings is 1. The molecule has 0 saturated carbocycles. The minimum Gasteiger partial charge on any atom is -0.345 e. The standard InChI is InChI=1S/C16H17N5O2/c17-5-4-15(22)20-6-1-7-21(9-8-20)16(23)12-2-3-13-14(10-12)19-11-18-13/h2-3,10-11H,1,4,6-9H2,(H,18,19). The molecule has 2 amide bonds. The van der Waals surface area contributed by atoms with E-state index in [-0.39, 0.29) is 18.2 Å². The minimum atomic E-state index is -0.166. The molecule has 1 aliphatic rings. The summed E-state index contributed by atoms with van der Waals surface area (Å²) in [4.78, 5) is 35.0. The molecule has 1 saturated heterocycles. The number of nitrogens with one attached hydrogen (secondary N) is 1. The highest BCUT2D eigenvalue weighted by molar-refractivity contribution is 5.97. The van der Waals surface area contributed by atoms with Gasteiger partial charge in [-0.1, -0.05) is 0 Å². The number of aromatic nitrogens is 2. The van der Waals surface area contributed by atoms with Crippen molar-refractivity contribution >= 4 is 22.8 Å². The lowest BCUT2D eigenvalue weighted by Gasteiger charge is -2.21. The van der Waals surface area contributed by atoms with Gasteiger partial charge in [0.25, 0.3) is 5.91 Å². The van der Waals surface area contributed by atoms with Crippen LogP contribution in [-0.2, 0) is 4.79 Å². The molecule has 0 aliphatic carbocycles. The van der Waals surface area contributed by atoms with Gasteiger partial charge in [0.05, 0.1) is 23.4 Å². The zero-order chi connectivity index (χ0) is 16.2. The summed E-state index contributed by atoms with van der Waals surface area (Å²) in [6, 6.07) is 7.27. The van der Waals surface area contributed by atoms with Crippen LogP contribution >= 0.6 is 0 Å². The van der Waals surface area contributed by atoms with E-state index in [1.807, 2.05) is 12.1 Å². The Morgan fingerprint density at radius 2 is 2.00 bits per heavy atom. The normalized spacial score (nSPS) is 15.3. The average molecular weight is 311 g/mol. The summed E-state index contributed by atoms with van der Waals surface area (Å²) in [6.45, 7) is 2.15. The molecule has 0 spiro atoms. The summed E-state index contributed by atoms with van der Waals surface area (Å²) in [5, 5.41) is 8.63. The Balaban J connectivity index is 1.70. The third-order valence-electron chi connectivity index (χ3n) is 4.03. The minimum absolute atomic E-state index is 0.0453. The molecular formula is C16H17N5O2. The summed E-state index contributed by atoms with van der Waals surface area (Å²) in [7, 11) is 0. The summed E-state index contributed by atoms with van der Waals surface area (Å²) < 4.78 is 0. The predicted molar refractivity (Wildman–Crippen MR) is 83.4 cm³/mol. The van der Waals surface area contributed by atoms with Gasteiger partial charge in [0.2, 0.25) is 5.91 Å². The van der Waals surface area contributed by atoms with Crippen molar-refractivity contribution in [1.29, 1.82) is 5.26 Å². The Morgan fingerprint density at radius 1 is 1.22 bits per heavy atom. The first-order valence-electron chi connectivity index (χ1n) is 7.56. The lowest BCUT2D eigenvalue weighted by molar-refractivity contribution is -0.130. The number of amides is 2. The number of fused-ring (bicyclic) bond motifs is 1. The summed E-state index contributed by atoms with van der Waals surface area (Å²) in [5.41, 5.74) is 2.26. The van der Waals surface area contributed by atoms with Crippen LogP contribution in [0, 0.1) is 11.3 Å². The molecule has 2 aromatic rings. The topological polar surface area (TPSA) is 93.1 Å². The molecule has 1 aromatic heterocycles. The van der Waals surface area contributed by atoms with Gasteiger partial charge in [-0.3, -0.25) is 9.59 Å². The second-order valence-corrected chi connectivity index (χ2v) is 5.50. The first-order chi connectivity index (χ1) is 11.2. The van der Waals surface area contributed by atoms with Crippen LogP contribution in [0.1, 0.15) is 23.2 Å². The maximum absolute atomic E-state index is 12.7. The van der Waals surface area contributed by atoms with Crippen LogP contribution in [0.25, 0.3) is 11.0 Å². The molecule has 1 fully saturated rings. The number of nitrogens with zero attached hydrogens (tertiary/aromatic N) is 4. The Morgan fingerprint density at radius 3 is 2.83 bits per heavy atom. The number of carbonyl (C=O) groups is 2. The van der Waals surface area contributed by atoms with Gasteiger partial charge in [0, 0.05) is 31.7 Å². The van der Waals surface area contributed by atoms with E-state index in [0.29, 0.717) is 31.7 Å². The molecule has 0 unspecified atom stereocenters. The molecule has 7 nitrogen and oxygen atoms in total. The van der Waals surface area contributed by atoms with Gasteiger partial charge in [0.15, 0.2) is 0 Å². The number of carbonyl (C=O) groups excluding carboxylic acids is 2. The van der Waals surface area contributed by atoms with E-state index in [1.165, 1.54) is 0 Å². The van der Waals surface area contributed by atoms with Gasteiger partial charge in [-0.2, -0.15) is 5.26 Å². The average Bonchev–Trinajstić information content (AvgIpc) is 2.88. The van der Waals surface area contributed by atoms with Crippen molar-refractivity contribution in [3.63, 3.8) is 0 Å². The maximum Gasteiger partial charge on any atom is 0.253 e. The highest BCUT2D eigenvalue weighted by atomic mass is 16.2. The van der Waals surface area contributed by atoms with Crippen LogP contribution in [0.4, 0.5) is 0 Å². The van der Waals surface area contributed by atoms with Crippen molar-refractivity contribution in [2.45, 2.75) is 12.8 Å². The Labute approximate surface area is 133 Å². The smallest absolute Gasteiger partial charge is 0.253 e. The molecule has 0 radical (unpaired) electrons. The van der Waals surface area contributed by atoms with Gasteiger partial charge in [-0.15, -0.1) is 0 Å². The van der Waals surface area contributed by atoms with E-state index in [2.05, 4.69) is 9.97 Å². The lowest BCUT2D eigenvalue weighted by atomic mass is 10.1. The highest BCUT2D eigenvalue weighted by Gasteiger charge is 2.22. The fourth-order valence-electron chi connectivity index (χ4n) is 2.80. The number of hydrogen-bond acceptors (Lipinski definition) is 4. The van der Waals surface area contributed by atoms with E-state index < -0.39 is 0 Å². The lowest BCUT2D eigenvalue weighted by Crippen LogP contribution is -2.37. The van der Waals surface area contributed by atoms with E-state index in [0.717, 1.165) is 17.5 Å². The fourth-order valence-corrected chi connectivity index (χ4v) is 2.80. The Bertz CT molecular complexity index is 776. The van der Waals surface area contributed by atoms with Crippen LogP contribution < -0.4 is 0 Å². The molecule has 1 N–H and O–H groups in total. The maximum atomic E-state index is 12.7. The van der Waals surface area contributed by atoms with Gasteiger partial charge in [0.1, 0.15) is 6.42 Å². The van der Waals surface area contributed by atoms with Crippen molar-refractivity contribution in [3.05, 3.63) is 30.1 Å². The Hall–Kier alpha value is -2.88. The second-order valence-electron chi connectivity index (χ2n) is 5.50. The van der Waals surface area contributed by atoms with Gasteiger partial charge < -0.3 is 14.8 Å². The number of aromatic amines is 1. The number of hydrogen-bond donors (Lipinski definition) is 1. The van der Waals surface area contributed by atoms with E-state index >= 15 is 0 Å². The molecular weight excluding hydrogens is 294 g/mol.